The zero-order valence-corrected chi connectivity index (χ0v) is 11.7. The number of amides is 2. The van der Waals surface area contributed by atoms with E-state index in [9.17, 15) is 9.18 Å². The number of carbonyl (C=O) groups is 1. The first-order valence-electron chi connectivity index (χ1n) is 6.70. The van der Waals surface area contributed by atoms with Gasteiger partial charge in [-0.25, -0.2) is 9.18 Å². The van der Waals surface area contributed by atoms with E-state index < -0.39 is 0 Å². The molecule has 21 heavy (non-hydrogen) atoms. The lowest BCUT2D eigenvalue weighted by Gasteiger charge is -2.35. The van der Waals surface area contributed by atoms with Gasteiger partial charge in [0.25, 0.3) is 0 Å². The molecule has 0 fully saturated rings. The summed E-state index contributed by atoms with van der Waals surface area (Å²) in [5.41, 5.74) is 8.89. The number of hydrogen-bond acceptors (Lipinski definition) is 2. The van der Waals surface area contributed by atoms with Crippen LogP contribution in [0, 0.1) is 5.82 Å². The minimum atomic E-state index is -0.356. The lowest BCUT2D eigenvalue weighted by Crippen LogP contribution is -2.44. The van der Waals surface area contributed by atoms with Crippen LogP contribution >= 0.6 is 0 Å². The van der Waals surface area contributed by atoms with Gasteiger partial charge < -0.3 is 10.6 Å². The van der Waals surface area contributed by atoms with E-state index in [1.807, 2.05) is 24.3 Å². The highest BCUT2D eigenvalue weighted by atomic mass is 19.1. The first-order chi connectivity index (χ1) is 10.1. The van der Waals surface area contributed by atoms with Crippen LogP contribution in [0.1, 0.15) is 11.1 Å². The summed E-state index contributed by atoms with van der Waals surface area (Å²) in [5, 5.41) is 0. The fourth-order valence-corrected chi connectivity index (χ4v) is 2.57. The molecule has 2 N–H and O–H groups in total. The number of nitrogens with two attached hydrogens (primary N) is 1. The molecule has 0 saturated carbocycles. The van der Waals surface area contributed by atoms with Gasteiger partial charge in [-0.2, -0.15) is 0 Å². The zero-order chi connectivity index (χ0) is 15.0. The van der Waals surface area contributed by atoms with Crippen molar-refractivity contribution in [3.05, 3.63) is 59.4 Å². The van der Waals surface area contributed by atoms with E-state index in [1.165, 1.54) is 18.2 Å². The van der Waals surface area contributed by atoms with Crippen molar-refractivity contribution >= 4 is 17.4 Å². The molecule has 2 amide bonds. The molecule has 1 heterocycles. The highest BCUT2D eigenvalue weighted by Gasteiger charge is 2.28. The van der Waals surface area contributed by atoms with Crippen molar-refractivity contribution in [1.29, 1.82) is 0 Å². The second-order valence-corrected chi connectivity index (χ2v) is 5.20. The Balaban J connectivity index is 2.01. The summed E-state index contributed by atoms with van der Waals surface area (Å²) in [4.78, 5) is 15.7. The fraction of sp³-hybridized carbons (Fsp3) is 0.188. The fourth-order valence-electron chi connectivity index (χ4n) is 2.57. The predicted octanol–water partition coefficient (Wildman–Crippen LogP) is 2.98. The van der Waals surface area contributed by atoms with E-state index in [2.05, 4.69) is 0 Å². The SMILES string of the molecule is CN1Cc2ccccc2N(Cc2cc(F)ccc2N)C1=O. The molecule has 0 radical (unpaired) electrons. The average molecular weight is 285 g/mol. The van der Waals surface area contributed by atoms with Crippen LogP contribution in [0.2, 0.25) is 0 Å². The molecule has 0 bridgehead atoms. The Morgan fingerprint density at radius 3 is 2.81 bits per heavy atom. The summed E-state index contributed by atoms with van der Waals surface area (Å²) in [5.74, 6) is -0.356. The Kier molecular flexibility index (Phi) is 3.25. The molecule has 0 aromatic heterocycles. The number of para-hydroxylation sites is 1. The summed E-state index contributed by atoms with van der Waals surface area (Å²) in [7, 11) is 1.75. The first-order valence-corrected chi connectivity index (χ1v) is 6.70. The second-order valence-electron chi connectivity index (χ2n) is 5.20. The molecule has 0 saturated heterocycles. The zero-order valence-electron chi connectivity index (χ0n) is 11.7. The van der Waals surface area contributed by atoms with E-state index in [1.54, 1.807) is 16.8 Å². The molecule has 0 unspecified atom stereocenters. The van der Waals surface area contributed by atoms with Crippen molar-refractivity contribution < 1.29 is 9.18 Å². The molecule has 4 nitrogen and oxygen atoms in total. The highest BCUT2D eigenvalue weighted by Crippen LogP contribution is 2.30. The van der Waals surface area contributed by atoms with Gasteiger partial charge in [0.15, 0.2) is 0 Å². The molecule has 5 heteroatoms. The Morgan fingerprint density at radius 2 is 2.00 bits per heavy atom. The quantitative estimate of drug-likeness (QED) is 0.862. The van der Waals surface area contributed by atoms with Crippen LogP contribution in [0.25, 0.3) is 0 Å². The minimum absolute atomic E-state index is 0.114. The van der Waals surface area contributed by atoms with Gasteiger partial charge in [-0.05, 0) is 35.4 Å². The third kappa shape index (κ3) is 2.42. The van der Waals surface area contributed by atoms with Crippen LogP contribution in [0.4, 0.5) is 20.6 Å². The minimum Gasteiger partial charge on any atom is -0.398 e. The van der Waals surface area contributed by atoms with E-state index in [4.69, 9.17) is 5.73 Å². The lowest BCUT2D eigenvalue weighted by molar-refractivity contribution is 0.210. The second kappa shape index (κ2) is 5.09. The van der Waals surface area contributed by atoms with Crippen LogP contribution in [0.3, 0.4) is 0 Å². The van der Waals surface area contributed by atoms with Gasteiger partial charge in [-0.1, -0.05) is 18.2 Å². The van der Waals surface area contributed by atoms with Crippen molar-refractivity contribution in [2.75, 3.05) is 17.7 Å². The number of fused-ring (bicyclic) bond motifs is 1. The van der Waals surface area contributed by atoms with Gasteiger partial charge in [0, 0.05) is 19.3 Å². The maximum atomic E-state index is 13.4. The third-order valence-corrected chi connectivity index (χ3v) is 3.68. The number of nitrogen functional groups attached to an aromatic ring is 1. The number of anilines is 2. The molecule has 2 aromatic carbocycles. The van der Waals surface area contributed by atoms with Crippen LogP contribution in [-0.4, -0.2) is 18.0 Å². The van der Waals surface area contributed by atoms with E-state index in [0.717, 1.165) is 11.3 Å². The molecule has 1 aliphatic heterocycles. The summed E-state index contributed by atoms with van der Waals surface area (Å²) in [6, 6.07) is 11.8. The first kappa shape index (κ1) is 13.4. The summed E-state index contributed by atoms with van der Waals surface area (Å²) >= 11 is 0. The molecule has 0 aliphatic carbocycles. The van der Waals surface area contributed by atoms with Crippen LogP contribution in [-0.2, 0) is 13.1 Å². The number of rotatable bonds is 2. The van der Waals surface area contributed by atoms with Crippen LogP contribution in [0.15, 0.2) is 42.5 Å². The Morgan fingerprint density at radius 1 is 1.24 bits per heavy atom. The van der Waals surface area contributed by atoms with Gasteiger partial charge in [0.05, 0.1) is 12.2 Å². The van der Waals surface area contributed by atoms with Gasteiger partial charge in [0.1, 0.15) is 5.82 Å². The topological polar surface area (TPSA) is 49.6 Å². The van der Waals surface area contributed by atoms with E-state index in [-0.39, 0.29) is 18.4 Å². The smallest absolute Gasteiger partial charge is 0.324 e. The molecular formula is C16H16FN3O. The molecule has 1 aliphatic rings. The molecule has 3 rings (SSSR count). The Labute approximate surface area is 122 Å². The lowest BCUT2D eigenvalue weighted by atomic mass is 10.1. The highest BCUT2D eigenvalue weighted by molar-refractivity contribution is 5.94. The Hall–Kier alpha value is -2.56. The van der Waals surface area contributed by atoms with Crippen molar-refractivity contribution in [3.8, 4) is 0 Å². The van der Waals surface area contributed by atoms with Crippen molar-refractivity contribution in [1.82, 2.24) is 4.90 Å². The molecule has 0 spiro atoms. The van der Waals surface area contributed by atoms with Gasteiger partial charge in [-0.3, -0.25) is 4.90 Å². The maximum absolute atomic E-state index is 13.4. The van der Waals surface area contributed by atoms with Gasteiger partial charge in [0.2, 0.25) is 0 Å². The third-order valence-electron chi connectivity index (χ3n) is 3.68. The monoisotopic (exact) mass is 285 g/mol. The van der Waals surface area contributed by atoms with Crippen molar-refractivity contribution in [2.24, 2.45) is 0 Å². The standard InChI is InChI=1S/C16H16FN3O/c1-19-9-11-4-2-3-5-15(11)20(16(19)21)10-12-8-13(17)6-7-14(12)18/h2-8H,9-10,18H2,1H3. The molecular weight excluding hydrogens is 269 g/mol. The van der Waals surface area contributed by atoms with Crippen molar-refractivity contribution in [3.63, 3.8) is 0 Å². The molecule has 0 atom stereocenters. The maximum Gasteiger partial charge on any atom is 0.324 e. The van der Waals surface area contributed by atoms with Gasteiger partial charge >= 0.3 is 6.03 Å². The number of hydrogen-bond donors (Lipinski definition) is 1. The van der Waals surface area contributed by atoms with Crippen LogP contribution in [0.5, 0.6) is 0 Å². The summed E-state index contributed by atoms with van der Waals surface area (Å²) < 4.78 is 13.4. The molecule has 108 valence electrons. The Bertz CT molecular complexity index is 702. The summed E-state index contributed by atoms with van der Waals surface area (Å²) in [6.45, 7) is 0.827. The average Bonchev–Trinajstić information content (AvgIpc) is 2.47. The number of halogens is 1. The summed E-state index contributed by atoms with van der Waals surface area (Å²) in [6.07, 6.45) is 0. The number of nitrogens with zero attached hydrogens (tertiary/aromatic N) is 2. The normalized spacial score (nSPS) is 14.3. The number of urea groups is 1. The van der Waals surface area contributed by atoms with E-state index >= 15 is 0 Å². The largest absolute Gasteiger partial charge is 0.398 e. The number of carbonyl (C=O) groups excluding carboxylic acids is 1. The predicted molar refractivity (Wildman–Crippen MR) is 80.3 cm³/mol. The number of benzene rings is 2. The van der Waals surface area contributed by atoms with Crippen molar-refractivity contribution in [2.45, 2.75) is 13.1 Å². The van der Waals surface area contributed by atoms with Gasteiger partial charge in [-0.15, -0.1) is 0 Å². The van der Waals surface area contributed by atoms with E-state index in [0.29, 0.717) is 17.8 Å². The van der Waals surface area contributed by atoms with Crippen LogP contribution < -0.4 is 10.6 Å². The molecule has 2 aromatic rings.